The Labute approximate surface area is 153 Å². The van der Waals surface area contributed by atoms with Gasteiger partial charge < -0.3 is 9.52 Å². The standard InChI is InChI=1S/C21H23NO4/c23-13-6-4-2-1-3-5-8-16-11-12-19-17(14-16)18(15-26-19)22-20(24)9-7-10-21(22)25/h11-12,14-15,23H,1-4,6-7,9-10,13H2. The molecule has 1 saturated heterocycles. The van der Waals surface area contributed by atoms with Crippen molar-refractivity contribution in [1.82, 2.24) is 0 Å². The van der Waals surface area contributed by atoms with Gasteiger partial charge in [0, 0.05) is 36.8 Å². The van der Waals surface area contributed by atoms with Crippen molar-refractivity contribution < 1.29 is 19.1 Å². The Kier molecular flexibility index (Phi) is 6.08. The number of imide groups is 1. The number of hydrogen-bond acceptors (Lipinski definition) is 4. The second-order valence-electron chi connectivity index (χ2n) is 6.50. The fraction of sp³-hybridized carbons (Fsp3) is 0.429. The molecule has 136 valence electrons. The normalized spacial score (nSPS) is 14.6. The van der Waals surface area contributed by atoms with E-state index in [0.29, 0.717) is 30.5 Å². The lowest BCUT2D eigenvalue weighted by molar-refractivity contribution is -0.129. The monoisotopic (exact) mass is 353 g/mol. The van der Waals surface area contributed by atoms with E-state index in [1.807, 2.05) is 18.2 Å². The van der Waals surface area contributed by atoms with Gasteiger partial charge in [0.05, 0.1) is 5.69 Å². The molecule has 0 atom stereocenters. The molecule has 1 aliphatic heterocycles. The summed E-state index contributed by atoms with van der Waals surface area (Å²) in [5.74, 6) is 5.95. The number of carbonyl (C=O) groups is 2. The van der Waals surface area contributed by atoms with E-state index >= 15 is 0 Å². The van der Waals surface area contributed by atoms with E-state index in [9.17, 15) is 9.59 Å². The van der Waals surface area contributed by atoms with Gasteiger partial charge >= 0.3 is 0 Å². The Balaban J connectivity index is 1.74. The van der Waals surface area contributed by atoms with Crippen molar-refractivity contribution in [3.63, 3.8) is 0 Å². The summed E-state index contributed by atoms with van der Waals surface area (Å²) in [6.07, 6.45) is 7.63. The van der Waals surface area contributed by atoms with Gasteiger partial charge in [-0.1, -0.05) is 24.7 Å². The van der Waals surface area contributed by atoms with Gasteiger partial charge in [-0.2, -0.15) is 0 Å². The molecule has 3 rings (SSSR count). The van der Waals surface area contributed by atoms with Crippen LogP contribution in [-0.2, 0) is 9.59 Å². The first-order chi connectivity index (χ1) is 12.7. The van der Waals surface area contributed by atoms with Crippen molar-refractivity contribution in [2.75, 3.05) is 11.5 Å². The number of fused-ring (bicyclic) bond motifs is 1. The summed E-state index contributed by atoms with van der Waals surface area (Å²) in [5.41, 5.74) is 2.00. The van der Waals surface area contributed by atoms with Crippen molar-refractivity contribution in [3.8, 4) is 11.8 Å². The van der Waals surface area contributed by atoms with Crippen molar-refractivity contribution in [1.29, 1.82) is 0 Å². The number of piperidine rings is 1. The molecule has 2 heterocycles. The predicted molar refractivity (Wildman–Crippen MR) is 99.6 cm³/mol. The highest BCUT2D eigenvalue weighted by atomic mass is 16.3. The summed E-state index contributed by atoms with van der Waals surface area (Å²) in [6.45, 7) is 0.251. The molecule has 0 saturated carbocycles. The first-order valence-electron chi connectivity index (χ1n) is 9.17. The van der Waals surface area contributed by atoms with E-state index in [1.54, 1.807) is 0 Å². The Morgan fingerprint density at radius 1 is 1.08 bits per heavy atom. The zero-order valence-electron chi connectivity index (χ0n) is 14.8. The smallest absolute Gasteiger partial charge is 0.233 e. The van der Waals surface area contributed by atoms with Crippen LogP contribution in [0.3, 0.4) is 0 Å². The van der Waals surface area contributed by atoms with Crippen molar-refractivity contribution in [3.05, 3.63) is 30.0 Å². The quantitative estimate of drug-likeness (QED) is 0.487. The lowest BCUT2D eigenvalue weighted by Gasteiger charge is -2.23. The molecule has 5 heteroatoms. The number of aliphatic hydroxyl groups is 1. The maximum absolute atomic E-state index is 12.2. The molecule has 1 N–H and O–H groups in total. The third kappa shape index (κ3) is 4.14. The largest absolute Gasteiger partial charge is 0.462 e. The summed E-state index contributed by atoms with van der Waals surface area (Å²) in [5, 5.41) is 9.49. The number of anilines is 1. The molecule has 0 spiro atoms. The van der Waals surface area contributed by atoms with E-state index in [-0.39, 0.29) is 18.4 Å². The van der Waals surface area contributed by atoms with Gasteiger partial charge in [0.1, 0.15) is 11.8 Å². The predicted octanol–water partition coefficient (Wildman–Crippen LogP) is 3.77. The SMILES string of the molecule is O=C1CCCC(=O)N1c1coc2ccc(C#CCCCCCCO)cc12. The van der Waals surface area contributed by atoms with E-state index in [2.05, 4.69) is 11.8 Å². The van der Waals surface area contributed by atoms with Crippen LogP contribution in [0.1, 0.15) is 56.9 Å². The fourth-order valence-electron chi connectivity index (χ4n) is 3.13. The van der Waals surface area contributed by atoms with E-state index in [0.717, 1.165) is 43.1 Å². The van der Waals surface area contributed by atoms with Gasteiger partial charge in [0.25, 0.3) is 0 Å². The molecular weight excluding hydrogens is 330 g/mol. The second kappa shape index (κ2) is 8.68. The molecule has 0 radical (unpaired) electrons. The number of unbranched alkanes of at least 4 members (excludes halogenated alkanes) is 4. The highest BCUT2D eigenvalue weighted by molar-refractivity contribution is 6.19. The molecule has 0 aliphatic carbocycles. The topological polar surface area (TPSA) is 70.8 Å². The molecule has 1 aromatic heterocycles. The molecular formula is C21H23NO4. The second-order valence-corrected chi connectivity index (χ2v) is 6.50. The number of furan rings is 1. The van der Waals surface area contributed by atoms with Crippen molar-refractivity contribution in [2.24, 2.45) is 0 Å². The third-order valence-electron chi connectivity index (χ3n) is 4.52. The number of amides is 2. The number of rotatable bonds is 6. The highest BCUT2D eigenvalue weighted by Gasteiger charge is 2.29. The summed E-state index contributed by atoms with van der Waals surface area (Å²) < 4.78 is 5.52. The number of benzene rings is 1. The molecule has 1 fully saturated rings. The summed E-state index contributed by atoms with van der Waals surface area (Å²) in [4.78, 5) is 25.6. The molecule has 0 unspecified atom stereocenters. The summed E-state index contributed by atoms with van der Waals surface area (Å²) in [6, 6.07) is 5.58. The number of hydrogen-bond donors (Lipinski definition) is 1. The number of carbonyl (C=O) groups excluding carboxylic acids is 2. The lowest BCUT2D eigenvalue weighted by atomic mass is 10.1. The molecule has 5 nitrogen and oxygen atoms in total. The molecule has 1 aromatic carbocycles. The van der Waals surface area contributed by atoms with Crippen LogP contribution >= 0.6 is 0 Å². The Morgan fingerprint density at radius 2 is 1.85 bits per heavy atom. The fourth-order valence-corrected chi connectivity index (χ4v) is 3.13. The van der Waals surface area contributed by atoms with E-state index < -0.39 is 0 Å². The van der Waals surface area contributed by atoms with Crippen LogP contribution in [0.2, 0.25) is 0 Å². The van der Waals surface area contributed by atoms with Gasteiger partial charge in [-0.25, -0.2) is 4.90 Å². The van der Waals surface area contributed by atoms with Gasteiger partial charge in [-0.15, -0.1) is 0 Å². The lowest BCUT2D eigenvalue weighted by Crippen LogP contribution is -2.40. The summed E-state index contributed by atoms with van der Waals surface area (Å²) >= 11 is 0. The minimum absolute atomic E-state index is 0.177. The molecule has 2 aromatic rings. The maximum Gasteiger partial charge on any atom is 0.233 e. The van der Waals surface area contributed by atoms with Gasteiger partial charge in [0.15, 0.2) is 0 Å². The van der Waals surface area contributed by atoms with Crippen molar-refractivity contribution >= 4 is 28.5 Å². The first kappa shape index (κ1) is 18.2. The average Bonchev–Trinajstić information content (AvgIpc) is 3.04. The van der Waals surface area contributed by atoms with Gasteiger partial charge in [-0.3, -0.25) is 9.59 Å². The van der Waals surface area contributed by atoms with Crippen LogP contribution in [0.15, 0.2) is 28.9 Å². The molecule has 26 heavy (non-hydrogen) atoms. The Bertz CT molecular complexity index is 840. The van der Waals surface area contributed by atoms with E-state index in [1.165, 1.54) is 11.2 Å². The van der Waals surface area contributed by atoms with Crippen LogP contribution < -0.4 is 4.90 Å². The molecule has 1 aliphatic rings. The maximum atomic E-state index is 12.2. The number of aliphatic hydroxyl groups excluding tert-OH is 1. The van der Waals surface area contributed by atoms with Crippen LogP contribution in [0, 0.1) is 11.8 Å². The zero-order chi connectivity index (χ0) is 18.4. The Hall–Kier alpha value is -2.58. The van der Waals surface area contributed by atoms with Crippen LogP contribution in [-0.4, -0.2) is 23.5 Å². The minimum atomic E-state index is -0.177. The van der Waals surface area contributed by atoms with Crippen LogP contribution in [0.4, 0.5) is 5.69 Å². The average molecular weight is 353 g/mol. The van der Waals surface area contributed by atoms with Crippen LogP contribution in [0.25, 0.3) is 11.0 Å². The van der Waals surface area contributed by atoms with Gasteiger partial charge in [0.2, 0.25) is 11.8 Å². The molecule has 0 bridgehead atoms. The van der Waals surface area contributed by atoms with Crippen molar-refractivity contribution in [2.45, 2.75) is 51.4 Å². The van der Waals surface area contributed by atoms with Gasteiger partial charge in [-0.05, 0) is 37.5 Å². The number of nitrogens with zero attached hydrogens (tertiary/aromatic N) is 1. The van der Waals surface area contributed by atoms with Crippen LogP contribution in [0.5, 0.6) is 0 Å². The minimum Gasteiger partial charge on any atom is -0.462 e. The third-order valence-corrected chi connectivity index (χ3v) is 4.52. The first-order valence-corrected chi connectivity index (χ1v) is 9.17. The summed E-state index contributed by atoms with van der Waals surface area (Å²) in [7, 11) is 0. The zero-order valence-corrected chi connectivity index (χ0v) is 14.8. The molecule has 2 amide bonds. The Morgan fingerprint density at radius 3 is 2.62 bits per heavy atom. The highest BCUT2D eigenvalue weighted by Crippen LogP contribution is 2.32. The van der Waals surface area contributed by atoms with E-state index in [4.69, 9.17) is 9.52 Å².